The van der Waals surface area contributed by atoms with Crippen LogP contribution in [-0.4, -0.2) is 38.2 Å². The average molecular weight is 283 g/mol. The van der Waals surface area contributed by atoms with Crippen LogP contribution in [0.1, 0.15) is 54.7 Å². The molecule has 21 heavy (non-hydrogen) atoms. The first-order valence-electron chi connectivity index (χ1n) is 7.92. The molecular formula is C16H21N5. The lowest BCUT2D eigenvalue weighted by Crippen LogP contribution is -2.34. The first kappa shape index (κ1) is 13.0. The van der Waals surface area contributed by atoms with E-state index in [2.05, 4.69) is 32.2 Å². The molecule has 4 rings (SSSR count). The first-order valence-corrected chi connectivity index (χ1v) is 7.92. The van der Waals surface area contributed by atoms with Gasteiger partial charge in [0, 0.05) is 37.3 Å². The number of rotatable bonds is 4. The monoisotopic (exact) mass is 283 g/mol. The summed E-state index contributed by atoms with van der Waals surface area (Å²) < 4.78 is 0. The second-order valence-corrected chi connectivity index (χ2v) is 6.28. The van der Waals surface area contributed by atoms with Gasteiger partial charge in [-0.05, 0) is 49.9 Å². The van der Waals surface area contributed by atoms with Crippen molar-refractivity contribution in [1.82, 2.24) is 25.1 Å². The van der Waals surface area contributed by atoms with Crippen LogP contribution in [0.15, 0.2) is 24.5 Å². The number of likely N-dealkylation sites (tertiary alicyclic amines) is 1. The number of hydrogen-bond acceptors (Lipinski definition) is 4. The van der Waals surface area contributed by atoms with Crippen molar-refractivity contribution in [3.05, 3.63) is 41.7 Å². The summed E-state index contributed by atoms with van der Waals surface area (Å²) in [5.41, 5.74) is 1.33. The van der Waals surface area contributed by atoms with Crippen LogP contribution in [0.3, 0.4) is 0 Å². The van der Waals surface area contributed by atoms with E-state index in [0.29, 0.717) is 11.8 Å². The van der Waals surface area contributed by atoms with Gasteiger partial charge in [-0.15, -0.1) is 0 Å². The molecule has 0 radical (unpaired) electrons. The van der Waals surface area contributed by atoms with E-state index in [9.17, 15) is 0 Å². The minimum Gasteiger partial charge on any atom is -0.298 e. The van der Waals surface area contributed by atoms with Crippen molar-refractivity contribution in [2.45, 2.75) is 44.1 Å². The Morgan fingerprint density at radius 2 is 2.00 bits per heavy atom. The molecular weight excluding hydrogens is 262 g/mol. The van der Waals surface area contributed by atoms with Crippen LogP contribution in [-0.2, 0) is 6.54 Å². The molecule has 110 valence electrons. The van der Waals surface area contributed by atoms with E-state index in [-0.39, 0.29) is 0 Å². The second kappa shape index (κ2) is 5.56. The van der Waals surface area contributed by atoms with Crippen molar-refractivity contribution in [2.75, 3.05) is 13.1 Å². The number of nitrogens with zero attached hydrogens (tertiary/aromatic N) is 4. The number of piperidine rings is 1. The maximum absolute atomic E-state index is 4.73. The summed E-state index contributed by atoms with van der Waals surface area (Å²) in [6.45, 7) is 3.22. The molecule has 0 aromatic carbocycles. The molecule has 2 aliphatic rings. The molecule has 2 aromatic rings. The van der Waals surface area contributed by atoms with Gasteiger partial charge in [0.15, 0.2) is 5.82 Å². The van der Waals surface area contributed by atoms with E-state index in [0.717, 1.165) is 24.7 Å². The predicted octanol–water partition coefficient (Wildman–Crippen LogP) is 2.46. The summed E-state index contributed by atoms with van der Waals surface area (Å²) in [4.78, 5) is 11.3. The molecule has 0 spiro atoms. The zero-order valence-electron chi connectivity index (χ0n) is 12.2. The quantitative estimate of drug-likeness (QED) is 0.936. The molecule has 1 N–H and O–H groups in total. The lowest BCUT2D eigenvalue weighted by molar-refractivity contribution is 0.196. The SMILES string of the molecule is c1cc(CN2CCC[C@@H](c3n[nH]c(C4CC4)n3)C2)ccn1. The minimum atomic E-state index is 0.476. The number of aromatic nitrogens is 4. The third-order valence-corrected chi connectivity index (χ3v) is 4.51. The predicted molar refractivity (Wildman–Crippen MR) is 79.8 cm³/mol. The summed E-state index contributed by atoms with van der Waals surface area (Å²) in [6, 6.07) is 4.20. The fourth-order valence-corrected chi connectivity index (χ4v) is 3.17. The van der Waals surface area contributed by atoms with Crippen LogP contribution in [0.25, 0.3) is 0 Å². The Morgan fingerprint density at radius 1 is 1.14 bits per heavy atom. The topological polar surface area (TPSA) is 57.7 Å². The molecule has 1 saturated heterocycles. The highest BCUT2D eigenvalue weighted by Crippen LogP contribution is 2.38. The Balaban J connectivity index is 1.42. The fraction of sp³-hybridized carbons (Fsp3) is 0.562. The number of nitrogens with one attached hydrogen (secondary N) is 1. The lowest BCUT2D eigenvalue weighted by Gasteiger charge is -2.31. The molecule has 1 aliphatic heterocycles. The molecule has 5 nitrogen and oxygen atoms in total. The van der Waals surface area contributed by atoms with Crippen molar-refractivity contribution in [1.29, 1.82) is 0 Å². The highest BCUT2D eigenvalue weighted by atomic mass is 15.2. The van der Waals surface area contributed by atoms with Crippen LogP contribution >= 0.6 is 0 Å². The van der Waals surface area contributed by atoms with Gasteiger partial charge in [-0.25, -0.2) is 4.98 Å². The van der Waals surface area contributed by atoms with Gasteiger partial charge in [-0.3, -0.25) is 15.0 Å². The molecule has 1 atom stereocenters. The van der Waals surface area contributed by atoms with E-state index < -0.39 is 0 Å². The van der Waals surface area contributed by atoms with Gasteiger partial charge in [-0.2, -0.15) is 5.10 Å². The Morgan fingerprint density at radius 3 is 2.81 bits per heavy atom. The third-order valence-electron chi connectivity index (χ3n) is 4.51. The van der Waals surface area contributed by atoms with Crippen molar-refractivity contribution in [2.24, 2.45) is 0 Å². The molecule has 1 saturated carbocycles. The van der Waals surface area contributed by atoms with Crippen LogP contribution in [0, 0.1) is 0 Å². The van der Waals surface area contributed by atoms with Gasteiger partial charge in [0.25, 0.3) is 0 Å². The maximum Gasteiger partial charge on any atom is 0.155 e. The molecule has 2 aromatic heterocycles. The molecule has 5 heteroatoms. The van der Waals surface area contributed by atoms with Gasteiger partial charge in [0.1, 0.15) is 5.82 Å². The summed E-state index contributed by atoms with van der Waals surface area (Å²) in [7, 11) is 0. The summed E-state index contributed by atoms with van der Waals surface area (Å²) in [6.07, 6.45) is 8.71. The Hall–Kier alpha value is -1.75. The molecule has 0 amide bonds. The van der Waals surface area contributed by atoms with Crippen molar-refractivity contribution < 1.29 is 0 Å². The van der Waals surface area contributed by atoms with Crippen molar-refractivity contribution in [3.63, 3.8) is 0 Å². The zero-order valence-corrected chi connectivity index (χ0v) is 12.2. The van der Waals surface area contributed by atoms with Crippen LogP contribution < -0.4 is 0 Å². The van der Waals surface area contributed by atoms with Crippen LogP contribution in [0.2, 0.25) is 0 Å². The van der Waals surface area contributed by atoms with Gasteiger partial charge in [0.05, 0.1) is 0 Å². The van der Waals surface area contributed by atoms with E-state index in [1.807, 2.05) is 12.4 Å². The number of hydrogen-bond donors (Lipinski definition) is 1. The Bertz CT molecular complexity index is 590. The summed E-state index contributed by atoms with van der Waals surface area (Å²) >= 11 is 0. The number of H-pyrrole nitrogens is 1. The first-order chi connectivity index (χ1) is 10.4. The molecule has 2 fully saturated rings. The second-order valence-electron chi connectivity index (χ2n) is 6.28. The molecule has 0 bridgehead atoms. The molecule has 0 unspecified atom stereocenters. The summed E-state index contributed by atoms with van der Waals surface area (Å²) in [5, 5.41) is 7.61. The van der Waals surface area contributed by atoms with Crippen molar-refractivity contribution >= 4 is 0 Å². The van der Waals surface area contributed by atoms with Gasteiger partial charge in [-0.1, -0.05) is 0 Å². The minimum absolute atomic E-state index is 0.476. The highest BCUT2D eigenvalue weighted by molar-refractivity contribution is 5.11. The fourth-order valence-electron chi connectivity index (χ4n) is 3.17. The third kappa shape index (κ3) is 2.97. The number of aromatic amines is 1. The highest BCUT2D eigenvalue weighted by Gasteiger charge is 2.30. The van der Waals surface area contributed by atoms with E-state index in [1.54, 1.807) is 0 Å². The lowest BCUT2D eigenvalue weighted by atomic mass is 9.97. The standard InChI is InChI=1S/C16H21N5/c1-2-14(16-18-15(19-20-16)13-3-4-13)11-21(9-1)10-12-5-7-17-8-6-12/h5-8,13-14H,1-4,9-11H2,(H,18,19,20)/t14-/m1/s1. The van der Waals surface area contributed by atoms with E-state index >= 15 is 0 Å². The molecule has 3 heterocycles. The average Bonchev–Trinajstić information content (AvgIpc) is 3.26. The van der Waals surface area contributed by atoms with Crippen LogP contribution in [0.5, 0.6) is 0 Å². The van der Waals surface area contributed by atoms with Gasteiger partial charge >= 0.3 is 0 Å². The Kier molecular flexibility index (Phi) is 3.43. The largest absolute Gasteiger partial charge is 0.298 e. The molecule has 1 aliphatic carbocycles. The maximum atomic E-state index is 4.73. The van der Waals surface area contributed by atoms with Crippen molar-refractivity contribution in [3.8, 4) is 0 Å². The normalized spacial score (nSPS) is 23.3. The smallest absolute Gasteiger partial charge is 0.155 e. The van der Waals surface area contributed by atoms with Gasteiger partial charge in [0.2, 0.25) is 0 Å². The van der Waals surface area contributed by atoms with Gasteiger partial charge < -0.3 is 0 Å². The van der Waals surface area contributed by atoms with E-state index in [1.165, 1.54) is 37.8 Å². The van der Waals surface area contributed by atoms with Crippen LogP contribution in [0.4, 0.5) is 0 Å². The summed E-state index contributed by atoms with van der Waals surface area (Å²) in [5.74, 6) is 3.26. The Labute approximate surface area is 124 Å². The number of pyridine rings is 1. The van der Waals surface area contributed by atoms with E-state index in [4.69, 9.17) is 4.98 Å². The zero-order chi connectivity index (χ0) is 14.1.